The first kappa shape index (κ1) is 10.9. The van der Waals surface area contributed by atoms with Crippen molar-refractivity contribution in [3.63, 3.8) is 0 Å². The van der Waals surface area contributed by atoms with Crippen LogP contribution in [0.3, 0.4) is 0 Å². The van der Waals surface area contributed by atoms with Gasteiger partial charge in [-0.25, -0.2) is 0 Å². The lowest BCUT2D eigenvalue weighted by molar-refractivity contribution is -0.118. The van der Waals surface area contributed by atoms with Crippen LogP contribution in [0.4, 0.5) is 0 Å². The van der Waals surface area contributed by atoms with Crippen molar-refractivity contribution in [2.75, 3.05) is 7.05 Å². The first-order valence-corrected chi connectivity index (χ1v) is 2.69. The minimum atomic E-state index is 0.331. The standard InChI is InChI=1S/C5H11NO.C2H2/c1-5(2)6(3)4-7;1-2/h4-5H,1-3H3;1-2H. The van der Waals surface area contributed by atoms with E-state index < -0.39 is 0 Å². The lowest BCUT2D eigenvalue weighted by Crippen LogP contribution is -2.23. The van der Waals surface area contributed by atoms with E-state index in [1.807, 2.05) is 13.8 Å². The van der Waals surface area contributed by atoms with E-state index in [1.165, 1.54) is 0 Å². The molecule has 0 aliphatic rings. The van der Waals surface area contributed by atoms with Crippen molar-refractivity contribution in [1.82, 2.24) is 4.90 Å². The fraction of sp³-hybridized carbons (Fsp3) is 0.571. The van der Waals surface area contributed by atoms with Crippen LogP contribution in [0.2, 0.25) is 0 Å². The van der Waals surface area contributed by atoms with Gasteiger partial charge in [-0.05, 0) is 13.8 Å². The number of carbonyl (C=O) groups excluding carboxylic acids is 1. The number of rotatable bonds is 2. The Morgan fingerprint density at radius 3 is 1.78 bits per heavy atom. The Kier molecular flexibility index (Phi) is 8.53. The summed E-state index contributed by atoms with van der Waals surface area (Å²) in [7, 11) is 1.76. The quantitative estimate of drug-likeness (QED) is 0.395. The fourth-order valence-corrected chi connectivity index (χ4v) is 0.122. The molecule has 0 saturated carbocycles. The Morgan fingerprint density at radius 1 is 1.44 bits per heavy atom. The SMILES string of the molecule is C#C.CC(C)N(C)C=O. The molecule has 0 aliphatic carbocycles. The highest BCUT2D eigenvalue weighted by molar-refractivity contribution is 5.46. The maximum absolute atomic E-state index is 9.87. The zero-order valence-corrected chi connectivity index (χ0v) is 6.16. The lowest BCUT2D eigenvalue weighted by Gasteiger charge is -2.13. The largest absolute Gasteiger partial charge is 0.346 e. The topological polar surface area (TPSA) is 20.3 Å². The van der Waals surface area contributed by atoms with Gasteiger partial charge >= 0.3 is 0 Å². The normalized spacial score (nSPS) is 7.33. The van der Waals surface area contributed by atoms with Crippen LogP contribution in [0.1, 0.15) is 13.8 Å². The minimum Gasteiger partial charge on any atom is -0.346 e. The highest BCUT2D eigenvalue weighted by atomic mass is 16.1. The molecule has 0 aromatic rings. The van der Waals surface area contributed by atoms with Gasteiger partial charge in [0.2, 0.25) is 6.41 Å². The van der Waals surface area contributed by atoms with Crippen LogP contribution in [0.25, 0.3) is 0 Å². The van der Waals surface area contributed by atoms with Crippen LogP contribution in [-0.4, -0.2) is 24.4 Å². The molecule has 0 rings (SSSR count). The van der Waals surface area contributed by atoms with Crippen LogP contribution < -0.4 is 0 Å². The molecule has 0 N–H and O–H groups in total. The summed E-state index contributed by atoms with van der Waals surface area (Å²) in [5.41, 5.74) is 0. The molecule has 0 aromatic carbocycles. The molecule has 0 spiro atoms. The lowest BCUT2D eigenvalue weighted by atomic mass is 10.4. The molecule has 0 fully saturated rings. The monoisotopic (exact) mass is 127 g/mol. The van der Waals surface area contributed by atoms with E-state index in [4.69, 9.17) is 0 Å². The van der Waals surface area contributed by atoms with Gasteiger partial charge in [0, 0.05) is 13.1 Å². The summed E-state index contributed by atoms with van der Waals surface area (Å²) in [5.74, 6) is 0. The summed E-state index contributed by atoms with van der Waals surface area (Å²) < 4.78 is 0. The molecule has 0 heterocycles. The van der Waals surface area contributed by atoms with E-state index >= 15 is 0 Å². The summed E-state index contributed by atoms with van der Waals surface area (Å²) in [4.78, 5) is 11.5. The second-order valence-corrected chi connectivity index (χ2v) is 1.86. The second kappa shape index (κ2) is 7.03. The van der Waals surface area contributed by atoms with E-state index in [1.54, 1.807) is 11.9 Å². The van der Waals surface area contributed by atoms with Crippen LogP contribution in [0, 0.1) is 12.8 Å². The molecule has 1 amide bonds. The van der Waals surface area contributed by atoms with Crippen molar-refractivity contribution in [1.29, 1.82) is 0 Å². The van der Waals surface area contributed by atoms with Crippen molar-refractivity contribution in [3.8, 4) is 12.8 Å². The zero-order chi connectivity index (χ0) is 7.86. The number of carbonyl (C=O) groups is 1. The highest BCUT2D eigenvalue weighted by Gasteiger charge is 1.94. The Labute approximate surface area is 56.9 Å². The maximum atomic E-state index is 9.87. The third kappa shape index (κ3) is 7.03. The van der Waals surface area contributed by atoms with Gasteiger partial charge in [-0.15, -0.1) is 12.8 Å². The number of amides is 1. The van der Waals surface area contributed by atoms with Gasteiger partial charge < -0.3 is 4.90 Å². The highest BCUT2D eigenvalue weighted by Crippen LogP contribution is 1.85. The van der Waals surface area contributed by atoms with Crippen molar-refractivity contribution in [3.05, 3.63) is 0 Å². The van der Waals surface area contributed by atoms with Crippen LogP contribution in [0.5, 0.6) is 0 Å². The molecular formula is C7H13NO. The summed E-state index contributed by atoms with van der Waals surface area (Å²) in [6.07, 6.45) is 8.82. The Morgan fingerprint density at radius 2 is 1.78 bits per heavy atom. The van der Waals surface area contributed by atoms with E-state index in [9.17, 15) is 4.79 Å². The molecule has 9 heavy (non-hydrogen) atoms. The van der Waals surface area contributed by atoms with Crippen LogP contribution >= 0.6 is 0 Å². The van der Waals surface area contributed by atoms with Gasteiger partial charge in [0.05, 0.1) is 0 Å². The molecule has 2 nitrogen and oxygen atoms in total. The van der Waals surface area contributed by atoms with E-state index in [2.05, 4.69) is 12.8 Å². The van der Waals surface area contributed by atoms with Gasteiger partial charge in [0.1, 0.15) is 0 Å². The Balaban J connectivity index is 0. The molecule has 0 radical (unpaired) electrons. The van der Waals surface area contributed by atoms with Crippen molar-refractivity contribution in [2.45, 2.75) is 19.9 Å². The Bertz CT molecular complexity index is 86.2. The molecule has 0 bridgehead atoms. The van der Waals surface area contributed by atoms with Gasteiger partial charge in [-0.2, -0.15) is 0 Å². The van der Waals surface area contributed by atoms with Crippen LogP contribution in [-0.2, 0) is 4.79 Å². The molecule has 0 aliphatic heterocycles. The first-order chi connectivity index (χ1) is 4.18. The first-order valence-electron chi connectivity index (χ1n) is 2.69. The Hall–Kier alpha value is -0.970. The van der Waals surface area contributed by atoms with Gasteiger partial charge in [-0.3, -0.25) is 4.79 Å². The molecule has 0 atom stereocenters. The summed E-state index contributed by atoms with van der Waals surface area (Å²) in [6.45, 7) is 3.93. The number of hydrogen-bond acceptors (Lipinski definition) is 1. The van der Waals surface area contributed by atoms with Crippen molar-refractivity contribution in [2.24, 2.45) is 0 Å². The molecule has 2 heteroatoms. The maximum Gasteiger partial charge on any atom is 0.209 e. The predicted molar refractivity (Wildman–Crippen MR) is 38.9 cm³/mol. The second-order valence-electron chi connectivity index (χ2n) is 1.86. The third-order valence-electron chi connectivity index (χ3n) is 0.981. The molecule has 0 aromatic heterocycles. The fourth-order valence-electron chi connectivity index (χ4n) is 0.122. The van der Waals surface area contributed by atoms with Gasteiger partial charge in [0.25, 0.3) is 0 Å². The average molecular weight is 127 g/mol. The molecule has 0 unspecified atom stereocenters. The van der Waals surface area contributed by atoms with Crippen molar-refractivity contribution < 1.29 is 4.79 Å². The number of nitrogens with zero attached hydrogens (tertiary/aromatic N) is 1. The summed E-state index contributed by atoms with van der Waals surface area (Å²) in [6, 6.07) is 0.331. The molecule has 52 valence electrons. The van der Waals surface area contributed by atoms with Crippen molar-refractivity contribution >= 4 is 6.41 Å². The van der Waals surface area contributed by atoms with Crippen LogP contribution in [0.15, 0.2) is 0 Å². The summed E-state index contributed by atoms with van der Waals surface area (Å²) in [5, 5.41) is 0. The van der Waals surface area contributed by atoms with E-state index in [0.717, 1.165) is 6.41 Å². The van der Waals surface area contributed by atoms with Gasteiger partial charge in [-0.1, -0.05) is 0 Å². The smallest absolute Gasteiger partial charge is 0.209 e. The average Bonchev–Trinajstić information content (AvgIpc) is 1.91. The third-order valence-corrected chi connectivity index (χ3v) is 0.981. The molecule has 0 saturated heterocycles. The van der Waals surface area contributed by atoms with E-state index in [0.29, 0.717) is 6.04 Å². The van der Waals surface area contributed by atoms with E-state index in [-0.39, 0.29) is 0 Å². The number of terminal acetylenes is 1. The summed E-state index contributed by atoms with van der Waals surface area (Å²) >= 11 is 0. The number of hydrogen-bond donors (Lipinski definition) is 0. The van der Waals surface area contributed by atoms with Gasteiger partial charge in [0.15, 0.2) is 0 Å². The predicted octanol–water partition coefficient (Wildman–Crippen LogP) is 0.732. The minimum absolute atomic E-state index is 0.331. The zero-order valence-electron chi connectivity index (χ0n) is 6.16. The molecular weight excluding hydrogens is 114 g/mol.